The molecule has 0 bridgehead atoms. The van der Waals surface area contributed by atoms with E-state index < -0.39 is 11.6 Å². The van der Waals surface area contributed by atoms with Crippen molar-refractivity contribution >= 4 is 39.0 Å². The minimum atomic E-state index is -0.760. The maximum atomic E-state index is 15.4. The number of halogens is 2. The molecule has 2 aliphatic heterocycles. The van der Waals surface area contributed by atoms with Crippen LogP contribution in [0.5, 0.6) is 5.75 Å². The lowest BCUT2D eigenvalue weighted by Gasteiger charge is -2.56. The van der Waals surface area contributed by atoms with Crippen molar-refractivity contribution in [3.05, 3.63) is 54.5 Å². The Morgan fingerprint density at radius 3 is 2.68 bits per heavy atom. The summed E-state index contributed by atoms with van der Waals surface area (Å²) in [6.45, 7) is 6.05. The summed E-state index contributed by atoms with van der Waals surface area (Å²) in [5, 5.41) is 3.67. The van der Waals surface area contributed by atoms with Crippen LogP contribution in [0.15, 0.2) is 42.9 Å². The largest absolute Gasteiger partial charge is 0.488 e. The number of hydrogen-bond acceptors (Lipinski definition) is 8. The molecule has 2 aromatic carbocycles. The average molecular weight is 507 g/mol. The SMILES string of the molecule is C[C@H](CN(C)C)Oc1cc(N2CC3(COC3)C2)cc2ncnc(Nc3c(F)cc4ncccc4c3F)c12. The van der Waals surface area contributed by atoms with E-state index in [0.717, 1.165) is 32.0 Å². The third-order valence-corrected chi connectivity index (χ3v) is 6.91. The van der Waals surface area contributed by atoms with Gasteiger partial charge in [0.15, 0.2) is 11.6 Å². The van der Waals surface area contributed by atoms with E-state index in [1.807, 2.05) is 38.1 Å². The van der Waals surface area contributed by atoms with Crippen molar-refractivity contribution in [1.29, 1.82) is 0 Å². The van der Waals surface area contributed by atoms with Crippen LogP contribution in [-0.2, 0) is 4.74 Å². The van der Waals surface area contributed by atoms with E-state index in [4.69, 9.17) is 9.47 Å². The fourth-order valence-electron chi connectivity index (χ4n) is 5.18. The van der Waals surface area contributed by atoms with Gasteiger partial charge >= 0.3 is 0 Å². The Morgan fingerprint density at radius 1 is 1.14 bits per heavy atom. The molecule has 0 unspecified atom stereocenters. The highest BCUT2D eigenvalue weighted by Crippen LogP contribution is 2.43. The van der Waals surface area contributed by atoms with Crippen molar-refractivity contribution < 1.29 is 18.3 Å². The van der Waals surface area contributed by atoms with Gasteiger partial charge < -0.3 is 24.6 Å². The quantitative estimate of drug-likeness (QED) is 0.396. The molecule has 4 aromatic rings. The molecule has 8 nitrogen and oxygen atoms in total. The summed E-state index contributed by atoms with van der Waals surface area (Å²) < 4.78 is 42.2. The van der Waals surface area contributed by atoms with Crippen LogP contribution in [0, 0.1) is 17.0 Å². The average Bonchev–Trinajstić information content (AvgIpc) is 2.79. The van der Waals surface area contributed by atoms with Crippen molar-refractivity contribution in [2.24, 2.45) is 5.41 Å². The van der Waals surface area contributed by atoms with E-state index in [1.54, 1.807) is 12.1 Å². The molecule has 1 N–H and O–H groups in total. The smallest absolute Gasteiger partial charge is 0.159 e. The van der Waals surface area contributed by atoms with Crippen LogP contribution in [0.2, 0.25) is 0 Å². The zero-order chi connectivity index (χ0) is 25.7. The molecule has 1 spiro atoms. The number of ether oxygens (including phenoxy) is 2. The first kappa shape index (κ1) is 23.7. The van der Waals surface area contributed by atoms with Gasteiger partial charge in [0.1, 0.15) is 29.7 Å². The highest BCUT2D eigenvalue weighted by molar-refractivity contribution is 5.98. The number of nitrogens with one attached hydrogen (secondary N) is 1. The summed E-state index contributed by atoms with van der Waals surface area (Å²) in [6, 6.07) is 8.32. The Labute approximate surface area is 213 Å². The third kappa shape index (κ3) is 4.30. The Hall–Kier alpha value is -3.63. The molecule has 0 aliphatic carbocycles. The summed E-state index contributed by atoms with van der Waals surface area (Å²) in [4.78, 5) is 17.2. The van der Waals surface area contributed by atoms with Crippen LogP contribution in [0.4, 0.5) is 26.0 Å². The first-order valence-corrected chi connectivity index (χ1v) is 12.2. The van der Waals surface area contributed by atoms with Gasteiger partial charge in [-0.05, 0) is 39.2 Å². The number of benzene rings is 2. The van der Waals surface area contributed by atoms with Crippen LogP contribution in [0.25, 0.3) is 21.8 Å². The third-order valence-electron chi connectivity index (χ3n) is 6.91. The molecule has 2 aliphatic rings. The molecular weight excluding hydrogens is 478 g/mol. The number of anilines is 3. The highest BCUT2D eigenvalue weighted by atomic mass is 19.1. The minimum absolute atomic E-state index is 0.149. The Kier molecular flexibility index (Phi) is 5.80. The van der Waals surface area contributed by atoms with E-state index >= 15 is 8.78 Å². The summed E-state index contributed by atoms with van der Waals surface area (Å²) in [5.74, 6) is -0.677. The topological polar surface area (TPSA) is 75.6 Å². The first-order valence-electron chi connectivity index (χ1n) is 12.2. The van der Waals surface area contributed by atoms with Crippen molar-refractivity contribution in [3.63, 3.8) is 0 Å². The Balaban J connectivity index is 1.42. The molecule has 192 valence electrons. The van der Waals surface area contributed by atoms with E-state index in [1.165, 1.54) is 18.6 Å². The lowest BCUT2D eigenvalue weighted by Crippen LogP contribution is -2.66. The molecular formula is C27H28F2N6O2. The Bertz CT molecular complexity index is 1490. The van der Waals surface area contributed by atoms with Gasteiger partial charge in [0, 0.05) is 49.0 Å². The van der Waals surface area contributed by atoms with Crippen molar-refractivity contribution in [1.82, 2.24) is 19.9 Å². The number of hydrogen-bond donors (Lipinski definition) is 1. The zero-order valence-electron chi connectivity index (χ0n) is 21.0. The second-order valence-electron chi connectivity index (χ2n) is 10.3. The van der Waals surface area contributed by atoms with E-state index in [9.17, 15) is 0 Å². The number of fused-ring (bicyclic) bond motifs is 2. The number of likely N-dealkylation sites (N-methyl/N-ethyl adjacent to an activating group) is 1. The molecule has 0 saturated carbocycles. The van der Waals surface area contributed by atoms with Gasteiger partial charge in [0.05, 0.1) is 35.0 Å². The van der Waals surface area contributed by atoms with Crippen molar-refractivity contribution in [2.75, 3.05) is 57.2 Å². The van der Waals surface area contributed by atoms with E-state index in [-0.39, 0.29) is 33.9 Å². The predicted octanol–water partition coefficient (Wildman–Crippen LogP) is 4.37. The zero-order valence-corrected chi connectivity index (χ0v) is 21.0. The van der Waals surface area contributed by atoms with Crippen molar-refractivity contribution in [2.45, 2.75) is 13.0 Å². The monoisotopic (exact) mass is 506 g/mol. The van der Waals surface area contributed by atoms with E-state index in [2.05, 4.69) is 25.2 Å². The second-order valence-corrected chi connectivity index (χ2v) is 10.3. The molecule has 0 radical (unpaired) electrons. The Morgan fingerprint density at radius 2 is 1.95 bits per heavy atom. The highest BCUT2D eigenvalue weighted by Gasteiger charge is 2.49. The maximum absolute atomic E-state index is 15.4. The second kappa shape index (κ2) is 9.04. The van der Waals surface area contributed by atoms with Gasteiger partial charge in [-0.1, -0.05) is 0 Å². The van der Waals surface area contributed by atoms with Gasteiger partial charge in [-0.2, -0.15) is 0 Å². The summed E-state index contributed by atoms with van der Waals surface area (Å²) >= 11 is 0. The lowest BCUT2D eigenvalue weighted by atomic mass is 9.77. The fourth-order valence-corrected chi connectivity index (χ4v) is 5.18. The van der Waals surface area contributed by atoms with Gasteiger partial charge in [0.25, 0.3) is 0 Å². The van der Waals surface area contributed by atoms with Gasteiger partial charge in [-0.3, -0.25) is 4.98 Å². The first-order chi connectivity index (χ1) is 17.8. The van der Waals surface area contributed by atoms with Gasteiger partial charge in [-0.15, -0.1) is 0 Å². The number of rotatable bonds is 7. The number of pyridine rings is 1. The van der Waals surface area contributed by atoms with Gasteiger partial charge in [0.2, 0.25) is 0 Å². The number of aromatic nitrogens is 3. The summed E-state index contributed by atoms with van der Waals surface area (Å²) in [5.41, 5.74) is 1.79. The standard InChI is InChI=1S/C27H28F2N6O2/c1-16(10-34(2)3)37-22-8-17(35-11-27(12-35)13-36-14-27)7-21-23(22)26(32-15-31-21)33-25-19(28)9-20-18(24(25)29)5-4-6-30-20/h4-9,15-16H,10-14H2,1-3H3,(H,31,32,33)/t16-/m1/s1. The summed E-state index contributed by atoms with van der Waals surface area (Å²) in [6.07, 6.45) is 2.74. The molecule has 2 saturated heterocycles. The summed E-state index contributed by atoms with van der Waals surface area (Å²) in [7, 11) is 3.95. The predicted molar refractivity (Wildman–Crippen MR) is 139 cm³/mol. The molecule has 2 aromatic heterocycles. The molecule has 10 heteroatoms. The molecule has 0 amide bonds. The molecule has 1 atom stereocenters. The van der Waals surface area contributed by atoms with Crippen LogP contribution >= 0.6 is 0 Å². The normalized spacial score (nSPS) is 17.2. The van der Waals surface area contributed by atoms with Gasteiger partial charge in [-0.25, -0.2) is 18.7 Å². The molecule has 37 heavy (non-hydrogen) atoms. The minimum Gasteiger partial charge on any atom is -0.488 e. The van der Waals surface area contributed by atoms with Crippen molar-refractivity contribution in [3.8, 4) is 5.75 Å². The van der Waals surface area contributed by atoms with E-state index in [0.29, 0.717) is 23.2 Å². The molecule has 6 rings (SSSR count). The maximum Gasteiger partial charge on any atom is 0.159 e. The van der Waals surface area contributed by atoms with Crippen LogP contribution in [0.1, 0.15) is 6.92 Å². The molecule has 2 fully saturated rings. The van der Waals surface area contributed by atoms with Crippen LogP contribution in [-0.4, -0.2) is 72.9 Å². The van der Waals surface area contributed by atoms with Crippen LogP contribution in [0.3, 0.4) is 0 Å². The molecule has 4 heterocycles. The lowest BCUT2D eigenvalue weighted by molar-refractivity contribution is -0.127. The van der Waals surface area contributed by atoms with Crippen LogP contribution < -0.4 is 15.0 Å². The number of nitrogens with zero attached hydrogens (tertiary/aromatic N) is 5. The fraction of sp³-hybridized carbons (Fsp3) is 0.370.